The number of carbonyl (C=O) groups excluding carboxylic acids is 2. The molecule has 0 saturated heterocycles. The van der Waals surface area contributed by atoms with E-state index < -0.39 is 18.1 Å². The lowest BCUT2D eigenvalue weighted by atomic mass is 9.98. The molecule has 7 nitrogen and oxygen atoms in total. The number of alkyl carbamates (subject to hydrolysis) is 1. The summed E-state index contributed by atoms with van der Waals surface area (Å²) in [6.45, 7) is 0.274. The molecule has 0 heterocycles. The predicted molar refractivity (Wildman–Crippen MR) is 126 cm³/mol. The highest BCUT2D eigenvalue weighted by Crippen LogP contribution is 2.44. The maximum absolute atomic E-state index is 12.5. The Morgan fingerprint density at radius 2 is 1.59 bits per heavy atom. The van der Waals surface area contributed by atoms with Crippen LogP contribution in [0.3, 0.4) is 0 Å². The SMILES string of the molecule is O=C(CC1CCC(NC(=O)OCC2c3ccccc3-c3ccccc32)C1)NC(C(=O)O)C1CC1. The molecule has 3 aliphatic rings. The molecule has 3 atom stereocenters. The maximum Gasteiger partial charge on any atom is 0.407 e. The Morgan fingerprint density at radius 1 is 0.941 bits per heavy atom. The van der Waals surface area contributed by atoms with E-state index in [2.05, 4.69) is 34.9 Å². The van der Waals surface area contributed by atoms with Gasteiger partial charge in [0.2, 0.25) is 5.91 Å². The number of benzene rings is 2. The minimum absolute atomic E-state index is 0.0202. The van der Waals surface area contributed by atoms with Gasteiger partial charge in [0.15, 0.2) is 0 Å². The van der Waals surface area contributed by atoms with E-state index in [1.54, 1.807) is 0 Å². The second kappa shape index (κ2) is 9.49. The summed E-state index contributed by atoms with van der Waals surface area (Å²) < 4.78 is 5.64. The summed E-state index contributed by atoms with van der Waals surface area (Å²) in [5.41, 5.74) is 4.73. The van der Waals surface area contributed by atoms with Crippen LogP contribution in [-0.4, -0.2) is 41.8 Å². The van der Waals surface area contributed by atoms with Crippen LogP contribution in [0, 0.1) is 11.8 Å². The number of rotatable bonds is 8. The molecule has 0 bridgehead atoms. The molecular formula is C27H30N2O5. The fourth-order valence-corrected chi connectivity index (χ4v) is 5.50. The molecule has 7 heteroatoms. The lowest BCUT2D eigenvalue weighted by Crippen LogP contribution is -2.42. The van der Waals surface area contributed by atoms with Gasteiger partial charge < -0.3 is 20.5 Å². The molecule has 34 heavy (non-hydrogen) atoms. The summed E-state index contributed by atoms with van der Waals surface area (Å²) in [5.74, 6) is -0.962. The number of amides is 2. The van der Waals surface area contributed by atoms with Crippen LogP contribution in [0.15, 0.2) is 48.5 Å². The fourth-order valence-electron chi connectivity index (χ4n) is 5.50. The van der Waals surface area contributed by atoms with Gasteiger partial charge in [-0.2, -0.15) is 0 Å². The molecule has 0 aromatic heterocycles. The molecule has 5 rings (SSSR count). The highest BCUT2D eigenvalue weighted by atomic mass is 16.5. The second-order valence-electron chi connectivity index (χ2n) is 9.77. The number of fused-ring (bicyclic) bond motifs is 3. The van der Waals surface area contributed by atoms with Gasteiger partial charge in [0.25, 0.3) is 0 Å². The van der Waals surface area contributed by atoms with Gasteiger partial charge in [0.1, 0.15) is 12.6 Å². The first-order valence-electron chi connectivity index (χ1n) is 12.1. The smallest absolute Gasteiger partial charge is 0.407 e. The van der Waals surface area contributed by atoms with Gasteiger partial charge in [0.05, 0.1) is 0 Å². The topological polar surface area (TPSA) is 105 Å². The van der Waals surface area contributed by atoms with Crippen LogP contribution in [0.4, 0.5) is 4.79 Å². The van der Waals surface area contributed by atoms with Gasteiger partial charge in [-0.05, 0) is 66.2 Å². The van der Waals surface area contributed by atoms with Crippen molar-refractivity contribution in [2.24, 2.45) is 11.8 Å². The molecule has 3 aliphatic carbocycles. The lowest BCUT2D eigenvalue weighted by molar-refractivity contribution is -0.142. The van der Waals surface area contributed by atoms with Crippen LogP contribution in [-0.2, 0) is 14.3 Å². The first-order valence-corrected chi connectivity index (χ1v) is 12.1. The number of hydrogen-bond donors (Lipinski definition) is 3. The third kappa shape index (κ3) is 4.79. The van der Waals surface area contributed by atoms with Crippen molar-refractivity contribution in [3.63, 3.8) is 0 Å². The minimum Gasteiger partial charge on any atom is -0.480 e. The highest BCUT2D eigenvalue weighted by Gasteiger charge is 2.38. The number of carboxylic acid groups (broad SMARTS) is 1. The van der Waals surface area contributed by atoms with Crippen LogP contribution in [0.25, 0.3) is 11.1 Å². The minimum atomic E-state index is -0.961. The van der Waals surface area contributed by atoms with Crippen molar-refractivity contribution < 1.29 is 24.2 Å². The number of aliphatic carboxylic acids is 1. The summed E-state index contributed by atoms with van der Waals surface area (Å²) in [6.07, 6.45) is 3.87. The molecular weight excluding hydrogens is 432 g/mol. The molecule has 0 spiro atoms. The normalized spacial score (nSPS) is 21.9. The second-order valence-corrected chi connectivity index (χ2v) is 9.77. The van der Waals surface area contributed by atoms with Crippen molar-refractivity contribution in [1.82, 2.24) is 10.6 Å². The average molecular weight is 463 g/mol. The number of ether oxygens (including phenoxy) is 1. The van der Waals surface area contributed by atoms with Crippen molar-refractivity contribution in [3.05, 3.63) is 59.7 Å². The molecule has 2 fully saturated rings. The van der Waals surface area contributed by atoms with E-state index in [-0.39, 0.29) is 36.3 Å². The Labute approximate surface area is 198 Å². The van der Waals surface area contributed by atoms with Crippen molar-refractivity contribution >= 4 is 18.0 Å². The Balaban J connectivity index is 1.10. The summed E-state index contributed by atoms with van der Waals surface area (Å²) in [6, 6.07) is 15.6. The van der Waals surface area contributed by atoms with Gasteiger partial charge in [-0.25, -0.2) is 9.59 Å². The lowest BCUT2D eigenvalue weighted by Gasteiger charge is -2.17. The molecule has 3 N–H and O–H groups in total. The largest absolute Gasteiger partial charge is 0.480 e. The van der Waals surface area contributed by atoms with E-state index in [4.69, 9.17) is 4.74 Å². The molecule has 178 valence electrons. The van der Waals surface area contributed by atoms with E-state index in [1.807, 2.05) is 24.3 Å². The molecule has 2 aromatic rings. The highest BCUT2D eigenvalue weighted by molar-refractivity contribution is 5.84. The average Bonchev–Trinajstić information content (AvgIpc) is 3.49. The Morgan fingerprint density at radius 3 is 2.21 bits per heavy atom. The Kier molecular flexibility index (Phi) is 6.26. The van der Waals surface area contributed by atoms with Crippen LogP contribution >= 0.6 is 0 Å². The summed E-state index contributed by atoms with van der Waals surface area (Å²) >= 11 is 0. The molecule has 3 unspecified atom stereocenters. The summed E-state index contributed by atoms with van der Waals surface area (Å²) in [7, 11) is 0. The van der Waals surface area contributed by atoms with Gasteiger partial charge in [-0.1, -0.05) is 48.5 Å². The molecule has 0 radical (unpaired) electrons. The van der Waals surface area contributed by atoms with Crippen molar-refractivity contribution in [3.8, 4) is 11.1 Å². The summed E-state index contributed by atoms with van der Waals surface area (Å²) in [5, 5.41) is 14.9. The van der Waals surface area contributed by atoms with Crippen molar-refractivity contribution in [2.45, 2.75) is 56.5 Å². The zero-order chi connectivity index (χ0) is 23.7. The van der Waals surface area contributed by atoms with E-state index in [1.165, 1.54) is 22.3 Å². The van der Waals surface area contributed by atoms with Crippen molar-refractivity contribution in [1.29, 1.82) is 0 Å². The number of carbonyl (C=O) groups is 3. The fraction of sp³-hybridized carbons (Fsp3) is 0.444. The van der Waals surface area contributed by atoms with Gasteiger partial charge in [-0.3, -0.25) is 4.79 Å². The Bertz CT molecular complexity index is 1050. The van der Waals surface area contributed by atoms with Crippen LogP contribution in [0.5, 0.6) is 0 Å². The number of hydrogen-bond acceptors (Lipinski definition) is 4. The van der Waals surface area contributed by atoms with Crippen molar-refractivity contribution in [2.75, 3.05) is 6.61 Å². The quantitative estimate of drug-likeness (QED) is 0.549. The molecule has 2 aromatic carbocycles. The standard InChI is InChI=1S/C27H30N2O5/c30-24(29-25(26(31)32)17-10-11-17)14-16-9-12-18(13-16)28-27(33)34-15-23-21-7-3-1-5-19(21)20-6-2-4-8-22(20)23/h1-8,16-18,23,25H,9-15H2,(H,28,33)(H,29,30)(H,31,32). The van der Waals surface area contributed by atoms with E-state index in [0.717, 1.165) is 25.7 Å². The molecule has 2 saturated carbocycles. The van der Waals surface area contributed by atoms with E-state index in [9.17, 15) is 19.5 Å². The van der Waals surface area contributed by atoms with Crippen LogP contribution in [0.2, 0.25) is 0 Å². The van der Waals surface area contributed by atoms with E-state index in [0.29, 0.717) is 12.8 Å². The zero-order valence-corrected chi connectivity index (χ0v) is 19.0. The predicted octanol–water partition coefficient (Wildman–Crippen LogP) is 4.06. The Hall–Kier alpha value is -3.35. The van der Waals surface area contributed by atoms with Gasteiger partial charge >= 0.3 is 12.1 Å². The van der Waals surface area contributed by atoms with E-state index >= 15 is 0 Å². The third-order valence-corrected chi connectivity index (χ3v) is 7.36. The van der Waals surface area contributed by atoms with Crippen LogP contribution < -0.4 is 10.6 Å². The van der Waals surface area contributed by atoms with Gasteiger partial charge in [0, 0.05) is 18.4 Å². The first-order chi connectivity index (χ1) is 16.5. The maximum atomic E-state index is 12.5. The summed E-state index contributed by atoms with van der Waals surface area (Å²) in [4.78, 5) is 36.2. The first kappa shape index (κ1) is 22.4. The number of nitrogens with one attached hydrogen (secondary N) is 2. The molecule has 2 amide bonds. The van der Waals surface area contributed by atoms with Crippen LogP contribution in [0.1, 0.15) is 55.6 Å². The number of carboxylic acids is 1. The monoisotopic (exact) mass is 462 g/mol. The van der Waals surface area contributed by atoms with Gasteiger partial charge in [-0.15, -0.1) is 0 Å². The molecule has 0 aliphatic heterocycles. The third-order valence-electron chi connectivity index (χ3n) is 7.36. The zero-order valence-electron chi connectivity index (χ0n) is 19.0.